The molecule has 42 valence electrons. The van der Waals surface area contributed by atoms with Crippen molar-refractivity contribution in [1.82, 2.24) is 5.32 Å². The highest BCUT2D eigenvalue weighted by atomic mass is 28.1. The van der Waals surface area contributed by atoms with Gasteiger partial charge in [0.25, 0.3) is 0 Å². The summed E-state index contributed by atoms with van der Waals surface area (Å²) < 4.78 is 0. The minimum Gasteiger partial charge on any atom is -0.318 e. The maximum Gasteiger partial charge on any atom is 0.0241 e. The average molecular weight is 131 g/mol. The Morgan fingerprint density at radius 2 is 1.57 bits per heavy atom. The van der Waals surface area contributed by atoms with E-state index in [0.29, 0.717) is 0 Å². The van der Waals surface area contributed by atoms with Gasteiger partial charge in [-0.25, -0.2) is 0 Å². The van der Waals surface area contributed by atoms with E-state index in [1.807, 2.05) is 0 Å². The van der Waals surface area contributed by atoms with Gasteiger partial charge >= 0.3 is 0 Å². The molecular weight excluding hydrogens is 118 g/mol. The fraction of sp³-hybridized carbons (Fsp3) is 1.00. The number of hydrogen-bond donors (Lipinski definition) is 1. The van der Waals surface area contributed by atoms with Crippen LogP contribution >= 0.6 is 0 Å². The fourth-order valence-corrected chi connectivity index (χ4v) is 3.62. The van der Waals surface area contributed by atoms with Gasteiger partial charge in [-0.3, -0.25) is 0 Å². The van der Waals surface area contributed by atoms with Gasteiger partial charge in [-0.15, -0.1) is 0 Å². The van der Waals surface area contributed by atoms with Crippen molar-refractivity contribution < 1.29 is 0 Å². The van der Waals surface area contributed by atoms with Crippen molar-refractivity contribution in [2.24, 2.45) is 0 Å². The van der Waals surface area contributed by atoms with Crippen LogP contribution in [-0.2, 0) is 0 Å². The van der Waals surface area contributed by atoms with Crippen LogP contribution in [0.4, 0.5) is 0 Å². The maximum atomic E-state index is 3.54. The highest BCUT2D eigenvalue weighted by Gasteiger charge is 2.14. The molecule has 1 rings (SSSR count). The summed E-state index contributed by atoms with van der Waals surface area (Å²) in [4.78, 5) is 0. The van der Waals surface area contributed by atoms with E-state index in [9.17, 15) is 0 Å². The Bertz CT molecular complexity index is 58.7. The van der Waals surface area contributed by atoms with Crippen molar-refractivity contribution in [2.45, 2.75) is 24.2 Å². The summed E-state index contributed by atoms with van der Waals surface area (Å²) >= 11 is 0. The molecule has 1 fully saturated rings. The number of nitrogens with one attached hydrogen (secondary N) is 1. The first-order valence-corrected chi connectivity index (χ1v) is 5.36. The van der Waals surface area contributed by atoms with Gasteiger partial charge in [0, 0.05) is 20.5 Å². The van der Waals surface area contributed by atoms with Gasteiger partial charge in [0.1, 0.15) is 0 Å². The second kappa shape index (κ2) is 2.11. The quantitative estimate of drug-likeness (QED) is 0.366. The average Bonchev–Trinajstić information content (AvgIpc) is 1.87. The fourth-order valence-electron chi connectivity index (χ4n) is 1.15. The first-order valence-electron chi connectivity index (χ1n) is 3.05. The van der Waals surface area contributed by atoms with E-state index in [4.69, 9.17) is 0 Å². The summed E-state index contributed by atoms with van der Waals surface area (Å²) in [6.45, 7) is 0. The topological polar surface area (TPSA) is 12.0 Å². The Hall–Kier alpha value is 0.394. The first-order chi connectivity index (χ1) is 3.29. The predicted molar refractivity (Wildman–Crippen MR) is 39.8 cm³/mol. The molecule has 0 aromatic heterocycles. The van der Waals surface area contributed by atoms with Gasteiger partial charge in [-0.05, 0) is 24.2 Å². The molecule has 0 bridgehead atoms. The molecule has 0 saturated carbocycles. The Morgan fingerprint density at radius 1 is 1.14 bits per heavy atom. The zero-order chi connectivity index (χ0) is 5.28. The Kier molecular flexibility index (Phi) is 1.66. The zero-order valence-electron chi connectivity index (χ0n) is 5.07. The third-order valence-electron chi connectivity index (χ3n) is 1.60. The smallest absolute Gasteiger partial charge is 0.0241 e. The second-order valence-corrected chi connectivity index (χ2v) is 5.33. The highest BCUT2D eigenvalue weighted by molar-refractivity contribution is 6.15. The number of rotatable bonds is 0. The molecule has 0 aliphatic carbocycles. The molecule has 0 amide bonds. The van der Waals surface area contributed by atoms with E-state index < -0.39 is 0 Å². The van der Waals surface area contributed by atoms with Crippen molar-refractivity contribution in [3.8, 4) is 0 Å². The van der Waals surface area contributed by atoms with Crippen molar-refractivity contribution in [3.05, 3.63) is 0 Å². The zero-order valence-corrected chi connectivity index (χ0v) is 9.07. The Labute approximate surface area is 50.7 Å². The van der Waals surface area contributed by atoms with Crippen LogP contribution in [0.2, 0.25) is 0 Å². The molecule has 0 radical (unpaired) electrons. The van der Waals surface area contributed by atoms with Crippen LogP contribution in [0, 0.1) is 0 Å². The Balaban J connectivity index is 2.26. The predicted octanol–water partition coefficient (Wildman–Crippen LogP) is -2.25. The largest absolute Gasteiger partial charge is 0.318 e. The van der Waals surface area contributed by atoms with Gasteiger partial charge in [0.2, 0.25) is 0 Å². The van der Waals surface area contributed by atoms with Crippen LogP contribution in [0.3, 0.4) is 0 Å². The first kappa shape index (κ1) is 5.53. The highest BCUT2D eigenvalue weighted by Crippen LogP contribution is 2.05. The van der Waals surface area contributed by atoms with Crippen LogP contribution in [-0.4, -0.2) is 31.8 Å². The normalized spacial score (nSPS) is 42.9. The third kappa shape index (κ3) is 1.40. The lowest BCUT2D eigenvalue weighted by molar-refractivity contribution is 0.757. The van der Waals surface area contributed by atoms with Crippen LogP contribution in [0.1, 0.15) is 12.8 Å². The van der Waals surface area contributed by atoms with E-state index in [1.54, 1.807) is 0 Å². The standard InChI is InChI=1S/C4H13NSi2/c6-3-1-2-4(7)5-3/h3-5H,1-2H2,6-7H3. The van der Waals surface area contributed by atoms with Crippen LogP contribution in [0.15, 0.2) is 0 Å². The van der Waals surface area contributed by atoms with Crippen molar-refractivity contribution >= 4 is 20.5 Å². The molecule has 0 aromatic carbocycles. The SMILES string of the molecule is [SiH3]C1CCC([SiH3])N1. The lowest BCUT2D eigenvalue weighted by Gasteiger charge is -2.01. The molecular formula is C4H13NSi2. The maximum absolute atomic E-state index is 3.54. The Morgan fingerprint density at radius 3 is 1.71 bits per heavy atom. The van der Waals surface area contributed by atoms with Crippen molar-refractivity contribution in [2.75, 3.05) is 0 Å². The van der Waals surface area contributed by atoms with E-state index >= 15 is 0 Å². The molecule has 7 heavy (non-hydrogen) atoms. The summed E-state index contributed by atoms with van der Waals surface area (Å²) in [5, 5.41) is 3.54. The van der Waals surface area contributed by atoms with Gasteiger partial charge in [-0.1, -0.05) is 0 Å². The molecule has 1 aliphatic rings. The summed E-state index contributed by atoms with van der Waals surface area (Å²) in [6.07, 6.45) is 2.92. The van der Waals surface area contributed by atoms with E-state index in [-0.39, 0.29) is 0 Å². The molecule has 1 aliphatic heterocycles. The van der Waals surface area contributed by atoms with Gasteiger partial charge in [0.05, 0.1) is 0 Å². The minimum atomic E-state index is 0.947. The van der Waals surface area contributed by atoms with Crippen LogP contribution in [0.25, 0.3) is 0 Å². The lowest BCUT2D eigenvalue weighted by atomic mass is 10.4. The monoisotopic (exact) mass is 131 g/mol. The second-order valence-electron chi connectivity index (χ2n) is 2.55. The van der Waals surface area contributed by atoms with Gasteiger partial charge in [-0.2, -0.15) is 0 Å². The van der Waals surface area contributed by atoms with Crippen molar-refractivity contribution in [1.29, 1.82) is 0 Å². The van der Waals surface area contributed by atoms with Gasteiger partial charge in [0.15, 0.2) is 0 Å². The minimum absolute atomic E-state index is 0.947. The van der Waals surface area contributed by atoms with Crippen LogP contribution in [0.5, 0.6) is 0 Å². The summed E-state index contributed by atoms with van der Waals surface area (Å²) in [6, 6.07) is 0. The molecule has 1 nitrogen and oxygen atoms in total. The van der Waals surface area contributed by atoms with E-state index in [2.05, 4.69) is 5.32 Å². The molecule has 1 N–H and O–H groups in total. The molecule has 2 atom stereocenters. The molecule has 1 saturated heterocycles. The van der Waals surface area contributed by atoms with E-state index in [1.165, 1.54) is 33.3 Å². The van der Waals surface area contributed by atoms with Crippen molar-refractivity contribution in [3.63, 3.8) is 0 Å². The van der Waals surface area contributed by atoms with Crippen LogP contribution < -0.4 is 5.32 Å². The van der Waals surface area contributed by atoms with Gasteiger partial charge < -0.3 is 5.32 Å². The van der Waals surface area contributed by atoms with E-state index in [0.717, 1.165) is 11.3 Å². The lowest BCUT2D eigenvalue weighted by Crippen LogP contribution is -2.29. The molecule has 3 heteroatoms. The summed E-state index contributed by atoms with van der Waals surface area (Å²) in [5.74, 6) is 0. The third-order valence-corrected chi connectivity index (χ3v) is 3.42. The molecule has 1 heterocycles. The number of hydrogen-bond acceptors (Lipinski definition) is 1. The summed E-state index contributed by atoms with van der Waals surface area (Å²) in [7, 11) is 2.70. The molecule has 0 aromatic rings. The summed E-state index contributed by atoms with van der Waals surface area (Å²) in [5.41, 5.74) is 1.89. The molecule has 0 spiro atoms. The molecule has 2 unspecified atom stereocenters.